The molecule has 0 bridgehead atoms. The van der Waals surface area contributed by atoms with Crippen LogP contribution in [0, 0.1) is 0 Å². The van der Waals surface area contributed by atoms with Crippen LogP contribution < -0.4 is 5.32 Å². The summed E-state index contributed by atoms with van der Waals surface area (Å²) >= 11 is 5.54. The minimum atomic E-state index is 0.587. The SMILES string of the molecule is CN(CCNC1CCCc2sc(Br)cc21)C1CC1. The van der Waals surface area contributed by atoms with E-state index in [1.165, 1.54) is 42.4 Å². The molecule has 18 heavy (non-hydrogen) atoms. The minimum Gasteiger partial charge on any atom is -0.309 e. The summed E-state index contributed by atoms with van der Waals surface area (Å²) < 4.78 is 1.29. The molecule has 0 spiro atoms. The molecule has 1 heterocycles. The van der Waals surface area contributed by atoms with E-state index >= 15 is 0 Å². The van der Waals surface area contributed by atoms with Crippen molar-refractivity contribution in [3.63, 3.8) is 0 Å². The Morgan fingerprint density at radius 1 is 1.44 bits per heavy atom. The number of fused-ring (bicyclic) bond motifs is 1. The Hall–Kier alpha value is 0.100. The molecule has 0 aliphatic heterocycles. The second-order valence-electron chi connectivity index (χ2n) is 5.54. The van der Waals surface area contributed by atoms with E-state index in [4.69, 9.17) is 0 Å². The number of nitrogens with zero attached hydrogens (tertiary/aromatic N) is 1. The lowest BCUT2D eigenvalue weighted by molar-refractivity contribution is 0.310. The van der Waals surface area contributed by atoms with Gasteiger partial charge in [0.15, 0.2) is 0 Å². The number of likely N-dealkylation sites (N-methyl/N-ethyl adjacent to an activating group) is 1. The zero-order valence-corrected chi connectivity index (χ0v) is 13.3. The molecule has 2 aliphatic carbocycles. The second-order valence-corrected chi connectivity index (χ2v) is 8.06. The third kappa shape index (κ3) is 2.98. The molecule has 0 amide bonds. The average molecular weight is 329 g/mol. The molecular weight excluding hydrogens is 308 g/mol. The fourth-order valence-corrected chi connectivity index (χ4v) is 4.67. The Kier molecular flexibility index (Phi) is 4.09. The molecule has 4 heteroatoms. The molecule has 0 aromatic carbocycles. The molecule has 2 aliphatic rings. The Morgan fingerprint density at radius 2 is 2.28 bits per heavy atom. The molecule has 0 radical (unpaired) electrons. The highest BCUT2D eigenvalue weighted by Gasteiger charge is 2.26. The van der Waals surface area contributed by atoms with Crippen LogP contribution in [0.5, 0.6) is 0 Å². The molecule has 1 atom stereocenters. The van der Waals surface area contributed by atoms with Gasteiger partial charge in [0.1, 0.15) is 0 Å². The van der Waals surface area contributed by atoms with Crippen molar-refractivity contribution in [2.24, 2.45) is 0 Å². The van der Waals surface area contributed by atoms with Gasteiger partial charge in [-0.15, -0.1) is 11.3 Å². The molecule has 1 aromatic rings. The lowest BCUT2D eigenvalue weighted by Gasteiger charge is -2.25. The van der Waals surface area contributed by atoms with Gasteiger partial charge in [-0.25, -0.2) is 0 Å². The first-order valence-electron chi connectivity index (χ1n) is 6.96. The molecule has 1 unspecified atom stereocenters. The third-order valence-corrected chi connectivity index (χ3v) is 5.82. The molecule has 2 nitrogen and oxygen atoms in total. The van der Waals surface area contributed by atoms with E-state index in [1.807, 2.05) is 11.3 Å². The highest BCUT2D eigenvalue weighted by Crippen LogP contribution is 2.37. The van der Waals surface area contributed by atoms with Gasteiger partial charge in [-0.1, -0.05) is 0 Å². The lowest BCUT2D eigenvalue weighted by atomic mass is 9.94. The first-order valence-corrected chi connectivity index (χ1v) is 8.56. The second kappa shape index (κ2) is 5.61. The summed E-state index contributed by atoms with van der Waals surface area (Å²) in [7, 11) is 2.26. The van der Waals surface area contributed by atoms with Crippen LogP contribution in [0.4, 0.5) is 0 Å². The van der Waals surface area contributed by atoms with Crippen LogP contribution in [-0.4, -0.2) is 31.1 Å². The summed E-state index contributed by atoms with van der Waals surface area (Å²) in [5, 5.41) is 3.75. The maximum Gasteiger partial charge on any atom is 0.0704 e. The van der Waals surface area contributed by atoms with Crippen molar-refractivity contribution < 1.29 is 0 Å². The van der Waals surface area contributed by atoms with Gasteiger partial charge in [-0.3, -0.25) is 0 Å². The van der Waals surface area contributed by atoms with Crippen molar-refractivity contribution in [1.82, 2.24) is 10.2 Å². The van der Waals surface area contributed by atoms with Gasteiger partial charge in [0, 0.05) is 30.1 Å². The van der Waals surface area contributed by atoms with E-state index in [0.29, 0.717) is 6.04 Å². The summed E-state index contributed by atoms with van der Waals surface area (Å²) in [6.07, 6.45) is 6.70. The quantitative estimate of drug-likeness (QED) is 0.888. The zero-order chi connectivity index (χ0) is 12.5. The number of halogens is 1. The number of hydrogen-bond acceptors (Lipinski definition) is 3. The van der Waals surface area contributed by atoms with Crippen LogP contribution in [0.25, 0.3) is 0 Å². The van der Waals surface area contributed by atoms with Gasteiger partial charge in [0.2, 0.25) is 0 Å². The predicted molar refractivity (Wildman–Crippen MR) is 81.4 cm³/mol. The van der Waals surface area contributed by atoms with Crippen LogP contribution in [0.3, 0.4) is 0 Å². The van der Waals surface area contributed by atoms with Crippen LogP contribution in [0.15, 0.2) is 9.85 Å². The number of nitrogens with one attached hydrogen (secondary N) is 1. The molecule has 1 fully saturated rings. The average Bonchev–Trinajstić information content (AvgIpc) is 3.11. The fraction of sp³-hybridized carbons (Fsp3) is 0.714. The number of rotatable bonds is 5. The normalized spacial score (nSPS) is 23.4. The Balaban J connectivity index is 1.53. The third-order valence-electron chi connectivity index (χ3n) is 4.11. The topological polar surface area (TPSA) is 15.3 Å². The van der Waals surface area contributed by atoms with Crippen molar-refractivity contribution in [2.75, 3.05) is 20.1 Å². The molecule has 1 saturated carbocycles. The Labute approximate surface area is 122 Å². The predicted octanol–water partition coefficient (Wildman–Crippen LogP) is 3.57. The molecule has 0 saturated heterocycles. The van der Waals surface area contributed by atoms with Crippen molar-refractivity contribution in [1.29, 1.82) is 0 Å². The summed E-state index contributed by atoms with van der Waals surface area (Å²) in [6, 6.07) is 3.79. The lowest BCUT2D eigenvalue weighted by Crippen LogP contribution is -2.33. The molecule has 1 aromatic heterocycles. The van der Waals surface area contributed by atoms with Crippen molar-refractivity contribution in [3.05, 3.63) is 20.3 Å². The number of hydrogen-bond donors (Lipinski definition) is 1. The molecule has 100 valence electrons. The molecule has 1 N–H and O–H groups in total. The van der Waals surface area contributed by atoms with E-state index in [-0.39, 0.29) is 0 Å². The smallest absolute Gasteiger partial charge is 0.0704 e. The first kappa shape index (κ1) is 13.1. The monoisotopic (exact) mass is 328 g/mol. The van der Waals surface area contributed by atoms with Gasteiger partial charge in [-0.05, 0) is 66.7 Å². The first-order chi connectivity index (χ1) is 8.74. The van der Waals surface area contributed by atoms with Gasteiger partial charge in [0.25, 0.3) is 0 Å². The van der Waals surface area contributed by atoms with Gasteiger partial charge >= 0.3 is 0 Å². The van der Waals surface area contributed by atoms with E-state index in [2.05, 4.69) is 39.3 Å². The van der Waals surface area contributed by atoms with E-state index < -0.39 is 0 Å². The number of thiophene rings is 1. The highest BCUT2D eigenvalue weighted by molar-refractivity contribution is 9.11. The van der Waals surface area contributed by atoms with Crippen LogP contribution >= 0.6 is 27.3 Å². The highest BCUT2D eigenvalue weighted by atomic mass is 79.9. The maximum absolute atomic E-state index is 3.75. The summed E-state index contributed by atoms with van der Waals surface area (Å²) in [5.74, 6) is 0. The Morgan fingerprint density at radius 3 is 3.06 bits per heavy atom. The van der Waals surface area contributed by atoms with Crippen LogP contribution in [0.2, 0.25) is 0 Å². The fourth-order valence-electron chi connectivity index (χ4n) is 2.85. The van der Waals surface area contributed by atoms with Gasteiger partial charge in [0.05, 0.1) is 3.79 Å². The van der Waals surface area contributed by atoms with Gasteiger partial charge < -0.3 is 10.2 Å². The van der Waals surface area contributed by atoms with Crippen LogP contribution in [-0.2, 0) is 6.42 Å². The van der Waals surface area contributed by atoms with Crippen molar-refractivity contribution in [2.45, 2.75) is 44.2 Å². The summed E-state index contributed by atoms with van der Waals surface area (Å²) in [5.41, 5.74) is 1.55. The summed E-state index contributed by atoms with van der Waals surface area (Å²) in [6.45, 7) is 2.30. The minimum absolute atomic E-state index is 0.587. The van der Waals surface area contributed by atoms with E-state index in [1.54, 1.807) is 10.4 Å². The van der Waals surface area contributed by atoms with Crippen molar-refractivity contribution >= 4 is 27.3 Å². The Bertz CT molecular complexity index is 414. The number of aryl methyl sites for hydroxylation is 1. The standard InChI is InChI=1S/C14H21BrN2S/c1-17(10-5-6-10)8-7-16-12-3-2-4-13-11(12)9-14(15)18-13/h9-10,12,16H,2-8H2,1H3. The van der Waals surface area contributed by atoms with E-state index in [0.717, 1.165) is 12.6 Å². The zero-order valence-electron chi connectivity index (χ0n) is 10.9. The van der Waals surface area contributed by atoms with Gasteiger partial charge in [-0.2, -0.15) is 0 Å². The van der Waals surface area contributed by atoms with Crippen LogP contribution in [0.1, 0.15) is 42.2 Å². The molecule has 3 rings (SSSR count). The van der Waals surface area contributed by atoms with Crippen molar-refractivity contribution in [3.8, 4) is 0 Å². The largest absolute Gasteiger partial charge is 0.309 e. The summed E-state index contributed by atoms with van der Waals surface area (Å²) in [4.78, 5) is 4.08. The van der Waals surface area contributed by atoms with E-state index in [9.17, 15) is 0 Å². The maximum atomic E-state index is 3.75. The molecular formula is C14H21BrN2S.